The van der Waals surface area contributed by atoms with Crippen LogP contribution in [0.25, 0.3) is 132 Å². The first-order valence-electron chi connectivity index (χ1n) is 20.0. The summed E-state index contributed by atoms with van der Waals surface area (Å²) in [5, 5.41) is 16.8. The molecule has 0 N–H and O–H groups in total. The standard InChI is InChI=1S/C55H31N3O/c1-2-11-32(12-3-1)39-16-4-5-18-44(39)55-57-53(37-27-28-48-45(30-37)40-17-6-7-22-47(40)59-48)56-54(58-55)38-29-36-26-25-35-14-9-20-42-41-19-8-13-33-23-24-34-15-10-21-43(51(34)49(33)41)46(31-38)52(36)50(35)42/h1-31H. The van der Waals surface area contributed by atoms with Crippen molar-refractivity contribution in [1.29, 1.82) is 0 Å². The van der Waals surface area contributed by atoms with Gasteiger partial charge in [0.05, 0.1) is 0 Å². The second-order valence-electron chi connectivity index (χ2n) is 15.5. The first-order chi connectivity index (χ1) is 29.2. The van der Waals surface area contributed by atoms with Crippen LogP contribution in [-0.4, -0.2) is 15.0 Å². The molecule has 2 heterocycles. The quantitative estimate of drug-likeness (QED) is 0.168. The molecule has 59 heavy (non-hydrogen) atoms. The van der Waals surface area contributed by atoms with Crippen molar-refractivity contribution < 1.29 is 4.42 Å². The lowest BCUT2D eigenvalue weighted by molar-refractivity contribution is 0.669. The molecule has 0 saturated heterocycles. The highest BCUT2D eigenvalue weighted by Gasteiger charge is 2.20. The van der Waals surface area contributed by atoms with Gasteiger partial charge < -0.3 is 4.42 Å². The fourth-order valence-electron chi connectivity index (χ4n) is 9.58. The normalized spacial score (nSPS) is 12.1. The Morgan fingerprint density at radius 1 is 0.271 bits per heavy atom. The summed E-state index contributed by atoms with van der Waals surface area (Å²) in [5.74, 6) is 1.83. The minimum absolute atomic E-state index is 0.601. The van der Waals surface area contributed by atoms with Gasteiger partial charge in [-0.2, -0.15) is 0 Å². The molecular weight excluding hydrogens is 719 g/mol. The van der Waals surface area contributed by atoms with Crippen LogP contribution in [0.15, 0.2) is 192 Å². The van der Waals surface area contributed by atoms with Crippen molar-refractivity contribution in [3.63, 3.8) is 0 Å². The zero-order valence-electron chi connectivity index (χ0n) is 31.6. The van der Waals surface area contributed by atoms with E-state index in [9.17, 15) is 0 Å². The minimum atomic E-state index is 0.601. The Morgan fingerprint density at radius 2 is 0.780 bits per heavy atom. The van der Waals surface area contributed by atoms with E-state index in [2.05, 4.69) is 158 Å². The Hall–Kier alpha value is -7.95. The van der Waals surface area contributed by atoms with Crippen LogP contribution in [-0.2, 0) is 0 Å². The lowest BCUT2D eigenvalue weighted by atomic mass is 9.87. The zero-order valence-corrected chi connectivity index (χ0v) is 31.6. The molecule has 0 spiro atoms. The average molecular weight is 750 g/mol. The van der Waals surface area contributed by atoms with Gasteiger partial charge in [0.1, 0.15) is 11.2 Å². The molecule has 13 aromatic rings. The highest BCUT2D eigenvalue weighted by atomic mass is 16.3. The fraction of sp³-hybridized carbons (Fsp3) is 0. The average Bonchev–Trinajstić information content (AvgIpc) is 3.68. The molecule has 0 atom stereocenters. The molecule has 0 bridgehead atoms. The summed E-state index contributed by atoms with van der Waals surface area (Å²) < 4.78 is 6.23. The van der Waals surface area contributed by atoms with Gasteiger partial charge in [0.25, 0.3) is 0 Å². The molecule has 0 fully saturated rings. The Balaban J connectivity index is 1.15. The lowest BCUT2D eigenvalue weighted by Crippen LogP contribution is -2.01. The summed E-state index contributed by atoms with van der Waals surface area (Å²) in [6.07, 6.45) is 0. The first kappa shape index (κ1) is 32.2. The molecule has 0 aliphatic heterocycles. The topological polar surface area (TPSA) is 51.8 Å². The van der Waals surface area contributed by atoms with E-state index in [1.54, 1.807) is 0 Å². The lowest BCUT2D eigenvalue weighted by Gasteiger charge is -2.17. The van der Waals surface area contributed by atoms with Crippen LogP contribution in [0.1, 0.15) is 0 Å². The smallest absolute Gasteiger partial charge is 0.164 e. The molecule has 2 aromatic heterocycles. The number of fused-ring (bicyclic) bond motifs is 5. The number of aromatic nitrogens is 3. The molecular formula is C55H31N3O. The highest BCUT2D eigenvalue weighted by Crippen LogP contribution is 2.45. The van der Waals surface area contributed by atoms with Gasteiger partial charge >= 0.3 is 0 Å². The molecule has 0 aliphatic rings. The summed E-state index contributed by atoms with van der Waals surface area (Å²) in [7, 11) is 0. The van der Waals surface area contributed by atoms with E-state index in [1.807, 2.05) is 30.3 Å². The molecule has 0 radical (unpaired) electrons. The van der Waals surface area contributed by atoms with Gasteiger partial charge in [-0.25, -0.2) is 15.0 Å². The SMILES string of the molecule is c1ccc(-c2ccccc2-c2nc(-c3ccc4oc5ccccc5c4c3)nc(-c3cc4ccc5cccc6c7cccc8ccc9cccc(c(c3)c4c56)c9c87)n2)cc1. The number of hydrogen-bond acceptors (Lipinski definition) is 4. The molecule has 272 valence electrons. The fourth-order valence-corrected chi connectivity index (χ4v) is 9.58. The van der Waals surface area contributed by atoms with Crippen molar-refractivity contribution in [3.05, 3.63) is 188 Å². The van der Waals surface area contributed by atoms with Gasteiger partial charge in [-0.3, -0.25) is 0 Å². The van der Waals surface area contributed by atoms with Gasteiger partial charge in [0, 0.05) is 27.5 Å². The monoisotopic (exact) mass is 749 g/mol. The minimum Gasteiger partial charge on any atom is -0.456 e. The summed E-state index contributed by atoms with van der Waals surface area (Å²) in [6, 6.07) is 67.0. The second kappa shape index (κ2) is 12.3. The van der Waals surface area contributed by atoms with Gasteiger partial charge in [-0.1, -0.05) is 152 Å². The van der Waals surface area contributed by atoms with E-state index in [1.165, 1.54) is 59.2 Å². The van der Waals surface area contributed by atoms with Crippen LogP contribution in [0.5, 0.6) is 0 Å². The molecule has 0 unspecified atom stereocenters. The summed E-state index contributed by atoms with van der Waals surface area (Å²) in [4.78, 5) is 16.0. The van der Waals surface area contributed by atoms with Crippen molar-refractivity contribution in [3.8, 4) is 45.3 Å². The Morgan fingerprint density at radius 3 is 1.49 bits per heavy atom. The molecule has 11 aromatic carbocycles. The van der Waals surface area contributed by atoms with Crippen LogP contribution in [0.3, 0.4) is 0 Å². The largest absolute Gasteiger partial charge is 0.456 e. The van der Waals surface area contributed by atoms with E-state index >= 15 is 0 Å². The van der Waals surface area contributed by atoms with Crippen molar-refractivity contribution in [2.75, 3.05) is 0 Å². The molecule has 0 aliphatic carbocycles. The number of furan rings is 1. The molecule has 13 rings (SSSR count). The van der Waals surface area contributed by atoms with Gasteiger partial charge in [-0.15, -0.1) is 0 Å². The van der Waals surface area contributed by atoms with Gasteiger partial charge in [-0.05, 0) is 112 Å². The van der Waals surface area contributed by atoms with Crippen molar-refractivity contribution in [2.24, 2.45) is 0 Å². The van der Waals surface area contributed by atoms with E-state index < -0.39 is 0 Å². The number of para-hydroxylation sites is 1. The molecule has 0 saturated carbocycles. The number of rotatable bonds is 4. The van der Waals surface area contributed by atoms with Crippen molar-refractivity contribution in [2.45, 2.75) is 0 Å². The second-order valence-corrected chi connectivity index (χ2v) is 15.5. The Kier molecular flexibility index (Phi) is 6.69. The van der Waals surface area contributed by atoms with E-state index in [-0.39, 0.29) is 0 Å². The van der Waals surface area contributed by atoms with Crippen LogP contribution < -0.4 is 0 Å². The van der Waals surface area contributed by atoms with Crippen LogP contribution >= 0.6 is 0 Å². The number of hydrogen-bond donors (Lipinski definition) is 0. The Bertz CT molecular complexity index is 3840. The predicted molar refractivity (Wildman–Crippen MR) is 245 cm³/mol. The van der Waals surface area contributed by atoms with Gasteiger partial charge in [0.2, 0.25) is 0 Å². The molecule has 4 heteroatoms. The molecule has 4 nitrogen and oxygen atoms in total. The Labute approximate surface area is 338 Å². The van der Waals surface area contributed by atoms with E-state index in [4.69, 9.17) is 19.4 Å². The van der Waals surface area contributed by atoms with Crippen molar-refractivity contribution >= 4 is 86.6 Å². The maximum absolute atomic E-state index is 6.23. The number of benzene rings is 10. The van der Waals surface area contributed by atoms with Gasteiger partial charge in [0.15, 0.2) is 17.5 Å². The summed E-state index contributed by atoms with van der Waals surface area (Å²) in [5.41, 5.74) is 6.62. The van der Waals surface area contributed by atoms with Crippen LogP contribution in [0.2, 0.25) is 0 Å². The summed E-state index contributed by atoms with van der Waals surface area (Å²) in [6.45, 7) is 0. The maximum Gasteiger partial charge on any atom is 0.164 e. The zero-order chi connectivity index (χ0) is 38.6. The predicted octanol–water partition coefficient (Wildman–Crippen LogP) is 14.8. The van der Waals surface area contributed by atoms with Crippen LogP contribution in [0.4, 0.5) is 0 Å². The highest BCUT2D eigenvalue weighted by molar-refractivity contribution is 6.37. The number of nitrogens with zero attached hydrogens (tertiary/aromatic N) is 3. The van der Waals surface area contributed by atoms with E-state index in [0.29, 0.717) is 17.5 Å². The summed E-state index contributed by atoms with van der Waals surface area (Å²) >= 11 is 0. The third kappa shape index (κ3) is 4.81. The first-order valence-corrected chi connectivity index (χ1v) is 20.0. The maximum atomic E-state index is 6.23. The molecule has 0 amide bonds. The third-order valence-corrected chi connectivity index (χ3v) is 12.2. The van der Waals surface area contributed by atoms with Crippen molar-refractivity contribution in [1.82, 2.24) is 15.0 Å². The van der Waals surface area contributed by atoms with E-state index in [0.717, 1.165) is 55.1 Å². The van der Waals surface area contributed by atoms with Crippen LogP contribution in [0, 0.1) is 0 Å². The third-order valence-electron chi connectivity index (χ3n) is 12.2.